The second-order valence-corrected chi connectivity index (χ2v) is 12.6. The van der Waals surface area contributed by atoms with Gasteiger partial charge in [-0.2, -0.15) is 0 Å². The molecule has 5 atom stereocenters. The number of hydrogen-bond donors (Lipinski definition) is 4. The van der Waals surface area contributed by atoms with E-state index < -0.39 is 30.3 Å². The minimum atomic E-state index is -1.38. The molecule has 4 rings (SSSR count). The average Bonchev–Trinajstić information content (AvgIpc) is 3.44. The van der Waals surface area contributed by atoms with E-state index in [1.165, 1.54) is 0 Å². The number of aliphatic hydroxyl groups is 3. The third kappa shape index (κ3) is 8.44. The summed E-state index contributed by atoms with van der Waals surface area (Å²) >= 11 is 0. The maximum absolute atomic E-state index is 14.4. The third-order valence-corrected chi connectivity index (χ3v) is 9.68. The van der Waals surface area contributed by atoms with Crippen LogP contribution in [0.2, 0.25) is 0 Å². The molecular weight excluding hydrogens is 568 g/mol. The van der Waals surface area contributed by atoms with Crippen LogP contribution < -0.4 is 5.32 Å². The number of carbonyl (C=O) groups excluding carboxylic acids is 1. The van der Waals surface area contributed by atoms with Crippen LogP contribution >= 0.6 is 0 Å². The summed E-state index contributed by atoms with van der Waals surface area (Å²) in [6.07, 6.45) is 9.09. The van der Waals surface area contributed by atoms with Crippen molar-refractivity contribution in [2.75, 3.05) is 32.9 Å². The van der Waals surface area contributed by atoms with Crippen molar-refractivity contribution in [2.24, 2.45) is 27.1 Å². The number of carbonyl (C=O) groups is 1. The first kappa shape index (κ1) is 34.0. The molecule has 0 spiro atoms. The quantitative estimate of drug-likeness (QED) is 0.0687. The van der Waals surface area contributed by atoms with Crippen molar-refractivity contribution in [1.29, 1.82) is 0 Å². The first-order valence-corrected chi connectivity index (χ1v) is 16.3. The van der Waals surface area contributed by atoms with Gasteiger partial charge in [-0.15, -0.1) is 0 Å². The smallest absolute Gasteiger partial charge is 0.252 e. The number of aliphatic imine (C=N–C) groups is 1. The van der Waals surface area contributed by atoms with E-state index in [4.69, 9.17) is 25.1 Å². The highest BCUT2D eigenvalue weighted by Gasteiger charge is 2.56. The Hall–Kier alpha value is -2.86. The highest BCUT2D eigenvalue weighted by Crippen LogP contribution is 2.46. The van der Waals surface area contributed by atoms with Gasteiger partial charge in [0.15, 0.2) is 17.5 Å². The molecule has 1 amide bonds. The van der Waals surface area contributed by atoms with E-state index in [9.17, 15) is 20.5 Å². The number of azide groups is 2. The van der Waals surface area contributed by atoms with Crippen LogP contribution in [0.3, 0.4) is 0 Å². The van der Waals surface area contributed by atoms with Gasteiger partial charge in [0, 0.05) is 48.1 Å². The number of hydrogen-bond acceptors (Lipinski definition) is 9. The highest BCUT2D eigenvalue weighted by atomic mass is 16.5. The SMILES string of the molecule is [N-]=[N+]=NCC1=C([C@H]2OC(C3CCC(OCCCO)CC3)=N[C@@]2(CC2CCCCC2N=[N+]=[N-])C(=O)NCC(O)CO)CCCC1. The Morgan fingerprint density at radius 2 is 1.86 bits per heavy atom. The predicted octanol–water partition coefficient (Wildman–Crippen LogP) is 4.39. The van der Waals surface area contributed by atoms with E-state index in [0.717, 1.165) is 81.8 Å². The number of amides is 1. The number of aliphatic hydroxyl groups excluding tert-OH is 3. The van der Waals surface area contributed by atoms with Gasteiger partial charge < -0.3 is 30.1 Å². The fourth-order valence-corrected chi connectivity index (χ4v) is 7.33. The van der Waals surface area contributed by atoms with Crippen molar-refractivity contribution < 1.29 is 29.6 Å². The van der Waals surface area contributed by atoms with Crippen molar-refractivity contribution in [3.63, 3.8) is 0 Å². The summed E-state index contributed by atoms with van der Waals surface area (Å²) < 4.78 is 12.7. The van der Waals surface area contributed by atoms with Crippen molar-refractivity contribution in [3.05, 3.63) is 32.0 Å². The van der Waals surface area contributed by atoms with E-state index in [0.29, 0.717) is 31.8 Å². The molecule has 0 aromatic carbocycles. The molecule has 4 N–H and O–H groups in total. The van der Waals surface area contributed by atoms with Gasteiger partial charge in [-0.05, 0) is 99.6 Å². The lowest BCUT2D eigenvalue weighted by atomic mass is 9.71. The van der Waals surface area contributed by atoms with Crippen LogP contribution in [0.15, 0.2) is 26.4 Å². The summed E-state index contributed by atoms with van der Waals surface area (Å²) in [5.74, 6) is 0.0521. The molecule has 2 fully saturated rings. The third-order valence-electron chi connectivity index (χ3n) is 9.68. The first-order valence-electron chi connectivity index (χ1n) is 16.3. The Kier molecular flexibility index (Phi) is 13.1. The zero-order valence-corrected chi connectivity index (χ0v) is 25.6. The zero-order chi connectivity index (χ0) is 31.4. The van der Waals surface area contributed by atoms with Crippen molar-refractivity contribution in [2.45, 2.75) is 120 Å². The number of ether oxygens (including phenoxy) is 2. The van der Waals surface area contributed by atoms with Crippen LogP contribution in [-0.4, -0.2) is 89.9 Å². The normalized spacial score (nSPS) is 31.2. The summed E-state index contributed by atoms with van der Waals surface area (Å²) in [5, 5.41) is 39.5. The van der Waals surface area contributed by atoms with E-state index in [-0.39, 0.29) is 43.7 Å². The van der Waals surface area contributed by atoms with Gasteiger partial charge in [0.05, 0.1) is 18.8 Å². The molecule has 3 unspecified atom stereocenters. The molecule has 0 radical (unpaired) electrons. The molecular formula is C30H48N8O6. The number of nitrogens with one attached hydrogen (secondary N) is 1. The van der Waals surface area contributed by atoms with E-state index in [1.807, 2.05) is 0 Å². The monoisotopic (exact) mass is 616 g/mol. The van der Waals surface area contributed by atoms with Crippen LogP contribution in [0.4, 0.5) is 0 Å². The maximum atomic E-state index is 14.4. The van der Waals surface area contributed by atoms with Crippen LogP contribution in [0.25, 0.3) is 20.9 Å². The fourth-order valence-electron chi connectivity index (χ4n) is 7.33. The molecule has 3 aliphatic carbocycles. The van der Waals surface area contributed by atoms with Crippen molar-refractivity contribution in [1.82, 2.24) is 5.32 Å². The van der Waals surface area contributed by atoms with Crippen LogP contribution in [0.1, 0.15) is 89.9 Å². The van der Waals surface area contributed by atoms with E-state index in [2.05, 4.69) is 25.4 Å². The molecule has 0 aromatic heterocycles. The highest BCUT2D eigenvalue weighted by molar-refractivity contribution is 5.95. The largest absolute Gasteiger partial charge is 0.470 e. The molecule has 1 aliphatic heterocycles. The second-order valence-electron chi connectivity index (χ2n) is 12.6. The molecule has 0 aromatic rings. The van der Waals surface area contributed by atoms with Gasteiger partial charge in [0.1, 0.15) is 0 Å². The molecule has 0 bridgehead atoms. The number of rotatable bonds is 15. The van der Waals surface area contributed by atoms with Gasteiger partial charge in [0.2, 0.25) is 0 Å². The molecule has 0 saturated heterocycles. The minimum absolute atomic E-state index is 0.00282. The Morgan fingerprint density at radius 1 is 1.09 bits per heavy atom. The van der Waals surface area contributed by atoms with Crippen LogP contribution in [0.5, 0.6) is 0 Å². The lowest BCUT2D eigenvalue weighted by molar-refractivity contribution is -0.129. The predicted molar refractivity (Wildman–Crippen MR) is 164 cm³/mol. The Balaban J connectivity index is 1.73. The summed E-state index contributed by atoms with van der Waals surface area (Å²) in [6, 6.07) is -0.268. The van der Waals surface area contributed by atoms with E-state index in [1.54, 1.807) is 0 Å². The van der Waals surface area contributed by atoms with Gasteiger partial charge in [-0.3, -0.25) is 4.79 Å². The summed E-state index contributed by atoms with van der Waals surface area (Å²) in [7, 11) is 0. The van der Waals surface area contributed by atoms with Crippen LogP contribution in [0, 0.1) is 11.8 Å². The molecule has 1 heterocycles. The topological polar surface area (TPSA) is 218 Å². The maximum Gasteiger partial charge on any atom is 0.252 e. The molecule has 44 heavy (non-hydrogen) atoms. The molecule has 14 nitrogen and oxygen atoms in total. The lowest BCUT2D eigenvalue weighted by Crippen LogP contribution is -2.56. The summed E-state index contributed by atoms with van der Waals surface area (Å²) in [6.45, 7) is 0.182. The second kappa shape index (κ2) is 17.0. The summed E-state index contributed by atoms with van der Waals surface area (Å²) in [5.41, 5.74) is 19.0. The van der Waals surface area contributed by atoms with Gasteiger partial charge in [-0.25, -0.2) is 4.99 Å². The van der Waals surface area contributed by atoms with Crippen LogP contribution in [-0.2, 0) is 14.3 Å². The molecule has 4 aliphatic rings. The van der Waals surface area contributed by atoms with Crippen molar-refractivity contribution in [3.8, 4) is 0 Å². The van der Waals surface area contributed by atoms with Gasteiger partial charge in [0.25, 0.3) is 5.91 Å². The summed E-state index contributed by atoms with van der Waals surface area (Å²) in [4.78, 5) is 25.7. The fraction of sp³-hybridized carbons (Fsp3) is 0.867. The first-order chi connectivity index (χ1) is 21.4. The Morgan fingerprint density at radius 3 is 2.59 bits per heavy atom. The standard InChI is InChI=1S/C30H48N8O6/c31-37-34-17-22-7-1-3-8-25(22)27-30(29(42)33-18-23(41)19-40,16-21-6-2-4-9-26(21)36-38-32)35-28(44-27)20-10-12-24(13-11-20)43-15-5-14-39/h20-21,23-24,26-27,39-41H,1-19H2,(H,33,42)/t20?,21?,23?,24?,26?,27-,30-/m1/s1. The van der Waals surface area contributed by atoms with Crippen molar-refractivity contribution >= 4 is 11.8 Å². The number of nitrogens with zero attached hydrogens (tertiary/aromatic N) is 7. The minimum Gasteiger partial charge on any atom is -0.470 e. The average molecular weight is 617 g/mol. The van der Waals surface area contributed by atoms with Gasteiger partial charge in [-0.1, -0.05) is 28.6 Å². The lowest BCUT2D eigenvalue weighted by Gasteiger charge is -2.39. The molecule has 244 valence electrons. The van der Waals surface area contributed by atoms with Gasteiger partial charge >= 0.3 is 0 Å². The Labute approximate surface area is 258 Å². The molecule has 2 saturated carbocycles. The Bertz CT molecular complexity index is 1130. The molecule has 14 heteroatoms. The zero-order valence-electron chi connectivity index (χ0n) is 25.6. The van der Waals surface area contributed by atoms with E-state index >= 15 is 0 Å².